The van der Waals surface area contributed by atoms with E-state index in [0.717, 1.165) is 38.4 Å². The highest BCUT2D eigenvalue weighted by atomic mass is 16.6. The van der Waals surface area contributed by atoms with Gasteiger partial charge in [0, 0.05) is 38.7 Å². The molecule has 0 saturated carbocycles. The normalized spacial score (nSPS) is 19.8. The zero-order valence-electron chi connectivity index (χ0n) is 18.9. The smallest absolute Gasteiger partial charge is 0.407 e. The van der Waals surface area contributed by atoms with Gasteiger partial charge in [-0.2, -0.15) is 0 Å². The molecule has 2 rings (SSSR count). The van der Waals surface area contributed by atoms with Crippen LogP contribution in [0.1, 0.15) is 58.6 Å². The molecule has 3 N–H and O–H groups in total. The number of nitrogens with one attached hydrogen (secondary N) is 3. The van der Waals surface area contributed by atoms with E-state index in [1.54, 1.807) is 0 Å². The van der Waals surface area contributed by atoms with Gasteiger partial charge in [0.2, 0.25) is 0 Å². The zero-order valence-corrected chi connectivity index (χ0v) is 18.9. The summed E-state index contributed by atoms with van der Waals surface area (Å²) in [5.74, 6) is 1.16. The van der Waals surface area contributed by atoms with Crippen LogP contribution in [0.15, 0.2) is 35.3 Å². The van der Waals surface area contributed by atoms with Gasteiger partial charge in [0.15, 0.2) is 5.96 Å². The first-order valence-corrected chi connectivity index (χ1v) is 11.0. The van der Waals surface area contributed by atoms with Crippen molar-refractivity contribution in [2.24, 2.45) is 10.9 Å². The van der Waals surface area contributed by atoms with Crippen molar-refractivity contribution in [1.29, 1.82) is 0 Å². The number of hydrogen-bond donors (Lipinski definition) is 3. The lowest BCUT2D eigenvalue weighted by atomic mass is 9.89. The lowest BCUT2D eigenvalue weighted by Crippen LogP contribution is -2.40. The number of carbonyl (C=O) groups excluding carboxylic acids is 1. The highest BCUT2D eigenvalue weighted by Gasteiger charge is 2.27. The summed E-state index contributed by atoms with van der Waals surface area (Å²) < 4.78 is 11.3. The van der Waals surface area contributed by atoms with Crippen molar-refractivity contribution in [2.75, 3.05) is 32.8 Å². The number of alkyl carbamates (subject to hydrolysis) is 1. The van der Waals surface area contributed by atoms with Gasteiger partial charge in [-0.15, -0.1) is 0 Å². The van der Waals surface area contributed by atoms with E-state index in [1.165, 1.54) is 5.56 Å². The largest absolute Gasteiger partial charge is 0.444 e. The lowest BCUT2D eigenvalue weighted by Gasteiger charge is -2.31. The second kappa shape index (κ2) is 12.4. The molecule has 0 spiro atoms. The Kier molecular flexibility index (Phi) is 9.94. The van der Waals surface area contributed by atoms with Crippen LogP contribution in [0, 0.1) is 5.92 Å². The molecule has 1 aliphatic heterocycles. The molecule has 1 saturated heterocycles. The van der Waals surface area contributed by atoms with Crippen LogP contribution in [0.5, 0.6) is 0 Å². The summed E-state index contributed by atoms with van der Waals surface area (Å²) in [5, 5.41) is 9.41. The van der Waals surface area contributed by atoms with Crippen LogP contribution in [-0.2, 0) is 9.47 Å². The molecule has 7 heteroatoms. The average molecular weight is 419 g/mol. The quantitative estimate of drug-likeness (QED) is 0.341. The van der Waals surface area contributed by atoms with Gasteiger partial charge in [-0.05, 0) is 52.5 Å². The van der Waals surface area contributed by atoms with Crippen LogP contribution in [0.3, 0.4) is 0 Å². The molecule has 2 unspecified atom stereocenters. The van der Waals surface area contributed by atoms with E-state index in [1.807, 2.05) is 26.8 Å². The fraction of sp³-hybridized carbons (Fsp3) is 0.652. The topological polar surface area (TPSA) is 84.0 Å². The molecule has 7 nitrogen and oxygen atoms in total. The average Bonchev–Trinajstić information content (AvgIpc) is 2.71. The minimum absolute atomic E-state index is 0.101. The summed E-state index contributed by atoms with van der Waals surface area (Å²) in [6, 6.07) is 10.4. The summed E-state index contributed by atoms with van der Waals surface area (Å²) >= 11 is 0. The molecular formula is C23H38N4O3. The van der Waals surface area contributed by atoms with E-state index >= 15 is 0 Å². The highest BCUT2D eigenvalue weighted by Crippen LogP contribution is 2.33. The van der Waals surface area contributed by atoms with Crippen LogP contribution < -0.4 is 16.0 Å². The number of benzene rings is 1. The molecule has 1 aromatic rings. The van der Waals surface area contributed by atoms with Gasteiger partial charge in [0.25, 0.3) is 0 Å². The van der Waals surface area contributed by atoms with E-state index in [4.69, 9.17) is 14.5 Å². The van der Waals surface area contributed by atoms with Crippen molar-refractivity contribution in [3.63, 3.8) is 0 Å². The molecule has 0 aliphatic carbocycles. The minimum Gasteiger partial charge on any atom is -0.444 e. The minimum atomic E-state index is -0.479. The maximum absolute atomic E-state index is 11.7. The first-order chi connectivity index (χ1) is 14.4. The standard InChI is InChI=1S/C23H38N4O3/c1-5-24-21(25-14-10-15-26-22(28)30-23(2,3)4)27-17-19-13-9-16-29-20(19)18-11-7-6-8-12-18/h6-8,11-12,19-20H,5,9-10,13-17H2,1-4H3,(H,26,28)(H2,24,25,27). The molecule has 0 bridgehead atoms. The van der Waals surface area contributed by atoms with Crippen LogP contribution in [0.25, 0.3) is 0 Å². The van der Waals surface area contributed by atoms with Crippen molar-refractivity contribution in [1.82, 2.24) is 16.0 Å². The maximum Gasteiger partial charge on any atom is 0.407 e. The summed E-state index contributed by atoms with van der Waals surface area (Å²) in [6.45, 7) is 11.2. The summed E-state index contributed by atoms with van der Waals surface area (Å²) in [6.07, 6.45) is 2.69. The fourth-order valence-electron chi connectivity index (χ4n) is 3.39. The van der Waals surface area contributed by atoms with Crippen molar-refractivity contribution in [2.45, 2.75) is 58.7 Å². The van der Waals surface area contributed by atoms with Gasteiger partial charge in [-0.1, -0.05) is 30.3 Å². The third-order valence-corrected chi connectivity index (χ3v) is 4.72. The molecule has 1 aromatic carbocycles. The zero-order chi connectivity index (χ0) is 21.8. The Labute approximate surface area is 181 Å². The SMILES string of the molecule is CCNC(=NCC1CCCOC1c1ccccc1)NCCCNC(=O)OC(C)(C)C. The third-order valence-electron chi connectivity index (χ3n) is 4.72. The number of carbonyl (C=O) groups is 1. The number of aliphatic imine (C=N–C) groups is 1. The Hall–Kier alpha value is -2.28. The van der Waals surface area contributed by atoms with Gasteiger partial charge in [-0.3, -0.25) is 4.99 Å². The van der Waals surface area contributed by atoms with Gasteiger partial charge in [0.1, 0.15) is 5.60 Å². The number of nitrogens with zero attached hydrogens (tertiary/aromatic N) is 1. The van der Waals surface area contributed by atoms with Crippen LogP contribution >= 0.6 is 0 Å². The number of guanidine groups is 1. The van der Waals surface area contributed by atoms with Crippen LogP contribution in [-0.4, -0.2) is 50.4 Å². The first-order valence-electron chi connectivity index (χ1n) is 11.0. The van der Waals surface area contributed by atoms with Crippen molar-refractivity contribution >= 4 is 12.1 Å². The lowest BCUT2D eigenvalue weighted by molar-refractivity contribution is -0.0250. The highest BCUT2D eigenvalue weighted by molar-refractivity contribution is 5.79. The Morgan fingerprint density at radius 1 is 1.17 bits per heavy atom. The van der Waals surface area contributed by atoms with Gasteiger partial charge >= 0.3 is 6.09 Å². The predicted octanol–water partition coefficient (Wildman–Crippen LogP) is 3.62. The Bertz CT molecular complexity index is 658. The molecule has 1 amide bonds. The van der Waals surface area contributed by atoms with Gasteiger partial charge in [0.05, 0.1) is 6.10 Å². The molecule has 0 radical (unpaired) electrons. The molecule has 1 heterocycles. The molecule has 0 aromatic heterocycles. The van der Waals surface area contributed by atoms with E-state index in [-0.39, 0.29) is 12.2 Å². The Balaban J connectivity index is 1.79. The third kappa shape index (κ3) is 9.03. The molecule has 30 heavy (non-hydrogen) atoms. The van der Waals surface area contributed by atoms with Crippen molar-refractivity contribution in [3.05, 3.63) is 35.9 Å². The van der Waals surface area contributed by atoms with Gasteiger partial charge < -0.3 is 25.4 Å². The predicted molar refractivity (Wildman–Crippen MR) is 121 cm³/mol. The monoisotopic (exact) mass is 418 g/mol. The number of rotatable bonds is 8. The number of amides is 1. The second-order valence-electron chi connectivity index (χ2n) is 8.53. The van der Waals surface area contributed by atoms with Crippen LogP contribution in [0.2, 0.25) is 0 Å². The second-order valence-corrected chi connectivity index (χ2v) is 8.53. The summed E-state index contributed by atoms with van der Waals surface area (Å²) in [5.41, 5.74) is 0.747. The number of ether oxygens (including phenoxy) is 2. The number of hydrogen-bond acceptors (Lipinski definition) is 4. The Morgan fingerprint density at radius 3 is 2.60 bits per heavy atom. The molecule has 2 atom stereocenters. The molecular weight excluding hydrogens is 380 g/mol. The summed E-state index contributed by atoms with van der Waals surface area (Å²) in [7, 11) is 0. The maximum atomic E-state index is 11.7. The summed E-state index contributed by atoms with van der Waals surface area (Å²) in [4.78, 5) is 16.5. The fourth-order valence-corrected chi connectivity index (χ4v) is 3.39. The van der Waals surface area contributed by atoms with E-state index in [2.05, 4.69) is 47.1 Å². The van der Waals surface area contributed by atoms with Crippen molar-refractivity contribution in [3.8, 4) is 0 Å². The molecule has 1 fully saturated rings. The first kappa shape index (κ1) is 24.0. The van der Waals surface area contributed by atoms with Crippen molar-refractivity contribution < 1.29 is 14.3 Å². The van der Waals surface area contributed by atoms with E-state index in [9.17, 15) is 4.79 Å². The Morgan fingerprint density at radius 2 is 1.90 bits per heavy atom. The van der Waals surface area contributed by atoms with E-state index in [0.29, 0.717) is 25.6 Å². The van der Waals surface area contributed by atoms with E-state index < -0.39 is 5.60 Å². The van der Waals surface area contributed by atoms with Crippen LogP contribution in [0.4, 0.5) is 4.79 Å². The molecule has 168 valence electrons. The van der Waals surface area contributed by atoms with Gasteiger partial charge in [-0.25, -0.2) is 4.79 Å². The molecule has 1 aliphatic rings.